The van der Waals surface area contributed by atoms with Crippen LogP contribution in [0.4, 0.5) is 0 Å². The van der Waals surface area contributed by atoms with Crippen LogP contribution < -0.4 is 10.3 Å². The van der Waals surface area contributed by atoms with Crippen molar-refractivity contribution in [2.45, 2.75) is 19.4 Å². The van der Waals surface area contributed by atoms with Gasteiger partial charge in [-0.3, -0.25) is 14.4 Å². The molecule has 1 aliphatic heterocycles. The molecule has 4 aromatic rings. The second-order valence-electron chi connectivity index (χ2n) is 8.48. The second kappa shape index (κ2) is 8.91. The molecule has 1 aliphatic rings. The zero-order valence-electron chi connectivity index (χ0n) is 17.8. The first-order valence-electron chi connectivity index (χ1n) is 10.9. The summed E-state index contributed by atoms with van der Waals surface area (Å²) in [4.78, 5) is 21.6. The highest BCUT2D eigenvalue weighted by Gasteiger charge is 2.19. The van der Waals surface area contributed by atoms with E-state index in [1.807, 2.05) is 30.3 Å². The number of H-pyrrole nitrogens is 2. The molecule has 0 saturated carbocycles. The number of hydrogen-bond donors (Lipinski definition) is 3. The van der Waals surface area contributed by atoms with E-state index in [9.17, 15) is 4.79 Å². The quantitative estimate of drug-likeness (QED) is 0.385. The van der Waals surface area contributed by atoms with E-state index in [4.69, 9.17) is 0 Å². The Morgan fingerprint density at radius 1 is 1.00 bits per heavy atom. The summed E-state index contributed by atoms with van der Waals surface area (Å²) in [6, 6.07) is 18.5. The van der Waals surface area contributed by atoms with Crippen molar-refractivity contribution in [2.24, 2.45) is 5.92 Å². The van der Waals surface area contributed by atoms with E-state index in [1.165, 1.54) is 18.4 Å². The number of aromatic nitrogens is 2. The third-order valence-electron chi connectivity index (χ3n) is 6.36. The number of benzene rings is 2. The summed E-state index contributed by atoms with van der Waals surface area (Å²) < 4.78 is 3.40. The predicted molar refractivity (Wildman–Crippen MR) is 131 cm³/mol. The number of aromatic amines is 2. The van der Waals surface area contributed by atoms with Crippen LogP contribution in [0.5, 0.6) is 0 Å². The summed E-state index contributed by atoms with van der Waals surface area (Å²) >= 11 is 1.71. The third kappa shape index (κ3) is 4.42. The van der Waals surface area contributed by atoms with Gasteiger partial charge in [-0.2, -0.15) is 0 Å². The fourth-order valence-corrected chi connectivity index (χ4v) is 4.98. The maximum atomic E-state index is 12.6. The highest BCUT2D eigenvalue weighted by molar-refractivity contribution is 7.96. The Kier molecular flexibility index (Phi) is 5.85. The van der Waals surface area contributed by atoms with Crippen LogP contribution in [0.1, 0.15) is 18.4 Å². The van der Waals surface area contributed by atoms with Gasteiger partial charge < -0.3 is 9.97 Å². The lowest BCUT2D eigenvalue weighted by molar-refractivity contribution is 0.179. The molecule has 3 N–H and O–H groups in total. The number of hydrogen-bond acceptors (Lipinski definition) is 4. The summed E-state index contributed by atoms with van der Waals surface area (Å²) in [5, 5.41) is 2.19. The van der Waals surface area contributed by atoms with Gasteiger partial charge in [-0.05, 0) is 79.4 Å². The normalized spacial score (nSPS) is 15.8. The van der Waals surface area contributed by atoms with Gasteiger partial charge >= 0.3 is 0 Å². The van der Waals surface area contributed by atoms with Gasteiger partial charge in [0, 0.05) is 29.5 Å². The Balaban J connectivity index is 1.34. The molecule has 0 bridgehead atoms. The molecule has 0 aliphatic carbocycles. The van der Waals surface area contributed by atoms with E-state index in [-0.39, 0.29) is 5.56 Å². The van der Waals surface area contributed by atoms with Crippen LogP contribution in [0.25, 0.3) is 33.1 Å². The Hall–Kier alpha value is -2.54. The van der Waals surface area contributed by atoms with Gasteiger partial charge in [0.05, 0.1) is 11.3 Å². The molecule has 0 atom stereocenters. The molecule has 6 heteroatoms. The van der Waals surface area contributed by atoms with Gasteiger partial charge in [0.25, 0.3) is 5.56 Å². The molecule has 1 fully saturated rings. The number of nitrogens with zero attached hydrogens (tertiary/aromatic N) is 1. The number of likely N-dealkylation sites (tertiary alicyclic amines) is 1. The number of fused-ring (bicyclic) bond motifs is 2. The summed E-state index contributed by atoms with van der Waals surface area (Å²) in [7, 11) is 0. The first-order chi connectivity index (χ1) is 15.2. The predicted octanol–water partition coefficient (Wildman–Crippen LogP) is 4.76. The van der Waals surface area contributed by atoms with Crippen LogP contribution in [0, 0.1) is 5.92 Å². The number of para-hydroxylation sites is 1. The minimum Gasteiger partial charge on any atom is -0.354 e. The van der Waals surface area contributed by atoms with Crippen LogP contribution in [0.3, 0.4) is 0 Å². The zero-order valence-corrected chi connectivity index (χ0v) is 18.6. The molecule has 31 heavy (non-hydrogen) atoms. The Morgan fingerprint density at radius 2 is 1.81 bits per heavy atom. The van der Waals surface area contributed by atoms with E-state index in [0.29, 0.717) is 5.56 Å². The van der Waals surface area contributed by atoms with Crippen LogP contribution in [-0.2, 0) is 6.54 Å². The molecule has 0 amide bonds. The lowest BCUT2D eigenvalue weighted by atomic mass is 9.97. The molecular formula is C25H28N4OS. The molecular weight excluding hydrogens is 404 g/mol. The van der Waals surface area contributed by atoms with Gasteiger partial charge in [0.2, 0.25) is 0 Å². The molecule has 0 unspecified atom stereocenters. The molecule has 3 heterocycles. The average Bonchev–Trinajstić information content (AvgIpc) is 3.21. The first kappa shape index (κ1) is 20.4. The maximum absolute atomic E-state index is 12.6. The van der Waals surface area contributed by atoms with E-state index < -0.39 is 0 Å². The lowest BCUT2D eigenvalue weighted by Crippen LogP contribution is -2.35. The summed E-state index contributed by atoms with van der Waals surface area (Å²) in [6.07, 6.45) is 4.61. The van der Waals surface area contributed by atoms with Crippen LogP contribution in [0.15, 0.2) is 59.4 Å². The molecule has 5 nitrogen and oxygen atoms in total. The van der Waals surface area contributed by atoms with E-state index in [0.717, 1.165) is 59.6 Å². The highest BCUT2D eigenvalue weighted by Crippen LogP contribution is 2.26. The Labute approximate surface area is 186 Å². The molecule has 2 aromatic carbocycles. The number of piperidine rings is 1. The molecule has 1 saturated heterocycles. The summed E-state index contributed by atoms with van der Waals surface area (Å²) in [5.41, 5.74) is 4.73. The molecule has 160 valence electrons. The fraction of sp³-hybridized carbons (Fsp3) is 0.320. The van der Waals surface area contributed by atoms with E-state index >= 15 is 0 Å². The SMILES string of the molecule is CSNCC1CCN(Cc2ccc3[nH]c(-c4cc5ccccc5[nH]c4=O)cc3c2)CC1. The largest absolute Gasteiger partial charge is 0.354 e. The number of pyridine rings is 1. The van der Waals surface area contributed by atoms with Crippen molar-refractivity contribution >= 4 is 33.8 Å². The standard InChI is InChI=1S/C25H28N4OS/c1-31-26-15-17-8-10-29(11-9-17)16-18-6-7-23-20(12-18)14-24(27-23)21-13-19-4-2-3-5-22(19)28-25(21)30/h2-7,12-14,17,26-27H,8-11,15-16H2,1H3,(H,28,30). The number of rotatable bonds is 6. The average molecular weight is 433 g/mol. The van der Waals surface area contributed by atoms with Crippen molar-refractivity contribution in [3.05, 3.63) is 70.5 Å². The zero-order chi connectivity index (χ0) is 21.2. The van der Waals surface area contributed by atoms with Crippen molar-refractivity contribution in [3.63, 3.8) is 0 Å². The monoisotopic (exact) mass is 432 g/mol. The lowest BCUT2D eigenvalue weighted by Gasteiger charge is -2.32. The van der Waals surface area contributed by atoms with Crippen molar-refractivity contribution in [1.82, 2.24) is 19.6 Å². The maximum Gasteiger partial charge on any atom is 0.257 e. The van der Waals surface area contributed by atoms with Crippen molar-refractivity contribution < 1.29 is 0 Å². The van der Waals surface area contributed by atoms with Gasteiger partial charge in [0.15, 0.2) is 0 Å². The van der Waals surface area contributed by atoms with Crippen molar-refractivity contribution in [3.8, 4) is 11.3 Å². The molecule has 2 aromatic heterocycles. The van der Waals surface area contributed by atoms with E-state index in [1.54, 1.807) is 11.9 Å². The smallest absolute Gasteiger partial charge is 0.257 e. The third-order valence-corrected chi connectivity index (χ3v) is 6.81. The van der Waals surface area contributed by atoms with Crippen LogP contribution in [-0.4, -0.2) is 40.8 Å². The Bertz CT molecular complexity index is 1250. The first-order valence-corrected chi connectivity index (χ1v) is 12.1. The van der Waals surface area contributed by atoms with Crippen molar-refractivity contribution in [2.75, 3.05) is 25.9 Å². The van der Waals surface area contributed by atoms with Gasteiger partial charge in [-0.25, -0.2) is 0 Å². The van der Waals surface area contributed by atoms with E-state index in [2.05, 4.69) is 50.1 Å². The second-order valence-corrected chi connectivity index (χ2v) is 9.17. The molecule has 5 rings (SSSR count). The Morgan fingerprint density at radius 3 is 2.65 bits per heavy atom. The van der Waals surface area contributed by atoms with Crippen LogP contribution >= 0.6 is 11.9 Å². The minimum absolute atomic E-state index is 0.0655. The van der Waals surface area contributed by atoms with Gasteiger partial charge in [-0.15, -0.1) is 0 Å². The highest BCUT2D eigenvalue weighted by atomic mass is 32.2. The minimum atomic E-state index is -0.0655. The van der Waals surface area contributed by atoms with Crippen molar-refractivity contribution in [1.29, 1.82) is 0 Å². The summed E-state index contributed by atoms with van der Waals surface area (Å²) in [6.45, 7) is 4.41. The van der Waals surface area contributed by atoms with Crippen LogP contribution in [0.2, 0.25) is 0 Å². The summed E-state index contributed by atoms with van der Waals surface area (Å²) in [5.74, 6) is 0.790. The fourth-order valence-electron chi connectivity index (χ4n) is 4.58. The topological polar surface area (TPSA) is 63.9 Å². The molecule has 0 spiro atoms. The number of nitrogens with one attached hydrogen (secondary N) is 3. The molecule has 0 radical (unpaired) electrons. The van der Waals surface area contributed by atoms with Gasteiger partial charge in [-0.1, -0.05) is 36.2 Å². The van der Waals surface area contributed by atoms with Gasteiger partial charge in [0.1, 0.15) is 0 Å².